The van der Waals surface area contributed by atoms with Crippen molar-refractivity contribution in [2.75, 3.05) is 17.6 Å². The summed E-state index contributed by atoms with van der Waals surface area (Å²) in [5.41, 5.74) is 9.04. The van der Waals surface area contributed by atoms with Gasteiger partial charge >= 0.3 is 0 Å². The van der Waals surface area contributed by atoms with Gasteiger partial charge in [0.2, 0.25) is 0 Å². The van der Waals surface area contributed by atoms with Crippen molar-refractivity contribution in [2.24, 2.45) is 5.92 Å². The van der Waals surface area contributed by atoms with Gasteiger partial charge in [-0.05, 0) is 31.4 Å². The van der Waals surface area contributed by atoms with Crippen molar-refractivity contribution in [1.82, 2.24) is 4.98 Å². The van der Waals surface area contributed by atoms with Crippen LogP contribution in [0, 0.1) is 12.8 Å². The van der Waals surface area contributed by atoms with Gasteiger partial charge in [0.25, 0.3) is 0 Å². The van der Waals surface area contributed by atoms with Crippen LogP contribution in [-0.4, -0.2) is 11.5 Å². The fraction of sp³-hybridized carbons (Fsp3) is 0.562. The zero-order valence-electron chi connectivity index (χ0n) is 12.7. The van der Waals surface area contributed by atoms with E-state index in [1.165, 1.54) is 30.4 Å². The number of rotatable bonds is 7. The zero-order chi connectivity index (χ0) is 14.5. The van der Waals surface area contributed by atoms with E-state index in [9.17, 15) is 0 Å². The van der Waals surface area contributed by atoms with Crippen LogP contribution in [0.15, 0.2) is 12.1 Å². The molecule has 4 heteroatoms. The number of aryl methyl sites for hydroxylation is 1. The lowest BCUT2D eigenvalue weighted by atomic mass is 9.99. The molecule has 110 valence electrons. The minimum absolute atomic E-state index is 0.724. The molecule has 1 aromatic carbocycles. The molecule has 0 radical (unpaired) electrons. The van der Waals surface area contributed by atoms with E-state index in [-0.39, 0.29) is 0 Å². The van der Waals surface area contributed by atoms with Crippen molar-refractivity contribution < 1.29 is 0 Å². The standard InChI is InChI=1S/C16H25N3S/c1-4-6-7-12(5-2)10-18-14-9-15-16(8-13(14)17)20-11(3)19-15/h8-9,12,18H,4-7,10,17H2,1-3H3. The molecule has 1 aromatic heterocycles. The maximum absolute atomic E-state index is 6.14. The van der Waals surface area contributed by atoms with E-state index in [1.807, 2.05) is 13.0 Å². The average Bonchev–Trinajstić information content (AvgIpc) is 2.78. The number of nitrogen functional groups attached to an aromatic ring is 1. The molecule has 0 spiro atoms. The predicted molar refractivity (Wildman–Crippen MR) is 90.6 cm³/mol. The second-order valence-electron chi connectivity index (χ2n) is 5.44. The molecular formula is C16H25N3S. The van der Waals surface area contributed by atoms with Crippen molar-refractivity contribution in [1.29, 1.82) is 0 Å². The zero-order valence-corrected chi connectivity index (χ0v) is 13.5. The fourth-order valence-corrected chi connectivity index (χ4v) is 3.31. The summed E-state index contributed by atoms with van der Waals surface area (Å²) < 4.78 is 1.17. The number of hydrogen-bond donors (Lipinski definition) is 2. The van der Waals surface area contributed by atoms with E-state index in [4.69, 9.17) is 5.73 Å². The molecule has 0 amide bonds. The predicted octanol–water partition coefficient (Wildman–Crippen LogP) is 4.82. The topological polar surface area (TPSA) is 50.9 Å². The van der Waals surface area contributed by atoms with Crippen LogP contribution < -0.4 is 11.1 Å². The third-order valence-corrected chi connectivity index (χ3v) is 4.72. The molecule has 0 fully saturated rings. The Morgan fingerprint density at radius 1 is 1.35 bits per heavy atom. The lowest BCUT2D eigenvalue weighted by Gasteiger charge is -2.17. The van der Waals surface area contributed by atoms with Gasteiger partial charge in [0.05, 0.1) is 26.6 Å². The minimum atomic E-state index is 0.724. The molecule has 20 heavy (non-hydrogen) atoms. The molecule has 1 atom stereocenters. The number of unbranched alkanes of at least 4 members (excludes halogenated alkanes) is 1. The maximum Gasteiger partial charge on any atom is 0.0907 e. The van der Waals surface area contributed by atoms with Crippen molar-refractivity contribution in [3.05, 3.63) is 17.1 Å². The van der Waals surface area contributed by atoms with Gasteiger partial charge in [-0.3, -0.25) is 0 Å². The largest absolute Gasteiger partial charge is 0.397 e. The lowest BCUT2D eigenvalue weighted by molar-refractivity contribution is 0.473. The first-order valence-electron chi connectivity index (χ1n) is 7.54. The van der Waals surface area contributed by atoms with Crippen molar-refractivity contribution in [3.63, 3.8) is 0 Å². The molecular weight excluding hydrogens is 266 g/mol. The van der Waals surface area contributed by atoms with Crippen LogP contribution in [0.5, 0.6) is 0 Å². The second kappa shape index (κ2) is 6.93. The normalized spacial score (nSPS) is 12.8. The molecule has 3 nitrogen and oxygen atoms in total. The van der Waals surface area contributed by atoms with Gasteiger partial charge in [-0.2, -0.15) is 0 Å². The summed E-state index contributed by atoms with van der Waals surface area (Å²) in [6, 6.07) is 4.12. The molecule has 1 heterocycles. The highest BCUT2D eigenvalue weighted by molar-refractivity contribution is 7.18. The first-order valence-corrected chi connectivity index (χ1v) is 8.36. The number of hydrogen-bond acceptors (Lipinski definition) is 4. The third kappa shape index (κ3) is 3.63. The molecule has 0 aliphatic heterocycles. The highest BCUT2D eigenvalue weighted by Gasteiger charge is 2.09. The average molecular weight is 291 g/mol. The van der Waals surface area contributed by atoms with E-state index in [0.717, 1.165) is 34.4 Å². The monoisotopic (exact) mass is 291 g/mol. The van der Waals surface area contributed by atoms with Crippen molar-refractivity contribution >= 4 is 32.9 Å². The van der Waals surface area contributed by atoms with Crippen LogP contribution in [0.1, 0.15) is 44.5 Å². The molecule has 1 unspecified atom stereocenters. The molecule has 3 N–H and O–H groups in total. The van der Waals surface area contributed by atoms with Crippen LogP contribution in [0.4, 0.5) is 11.4 Å². The first-order chi connectivity index (χ1) is 9.63. The molecule has 0 bridgehead atoms. The number of benzene rings is 1. The Labute approximate surface area is 125 Å². The first kappa shape index (κ1) is 15.1. The van der Waals surface area contributed by atoms with Crippen LogP contribution >= 0.6 is 11.3 Å². The van der Waals surface area contributed by atoms with Gasteiger partial charge in [-0.25, -0.2) is 4.98 Å². The quantitative estimate of drug-likeness (QED) is 0.719. The summed E-state index contributed by atoms with van der Waals surface area (Å²) >= 11 is 1.70. The molecule has 0 saturated heterocycles. The number of nitrogens with one attached hydrogen (secondary N) is 1. The summed E-state index contributed by atoms with van der Waals surface area (Å²) in [6.45, 7) is 7.54. The Hall–Kier alpha value is -1.29. The number of fused-ring (bicyclic) bond motifs is 1. The maximum atomic E-state index is 6.14. The Kier molecular flexibility index (Phi) is 5.24. The fourth-order valence-electron chi connectivity index (χ4n) is 2.46. The Balaban J connectivity index is 2.06. The Bertz CT molecular complexity index is 562. The second-order valence-corrected chi connectivity index (χ2v) is 6.67. The van der Waals surface area contributed by atoms with Gasteiger partial charge in [0.15, 0.2) is 0 Å². The van der Waals surface area contributed by atoms with E-state index in [1.54, 1.807) is 11.3 Å². The van der Waals surface area contributed by atoms with E-state index in [2.05, 4.69) is 30.2 Å². The highest BCUT2D eigenvalue weighted by Crippen LogP contribution is 2.30. The summed E-state index contributed by atoms with van der Waals surface area (Å²) in [5, 5.41) is 4.60. The third-order valence-electron chi connectivity index (χ3n) is 3.79. The number of aromatic nitrogens is 1. The van der Waals surface area contributed by atoms with Gasteiger partial charge in [-0.15, -0.1) is 11.3 Å². The molecule has 0 saturated carbocycles. The summed E-state index contributed by atoms with van der Waals surface area (Å²) in [5.74, 6) is 0.724. The lowest BCUT2D eigenvalue weighted by Crippen LogP contribution is -2.14. The van der Waals surface area contributed by atoms with Crippen molar-refractivity contribution in [2.45, 2.75) is 46.5 Å². The van der Waals surface area contributed by atoms with Gasteiger partial charge in [-0.1, -0.05) is 33.1 Å². The van der Waals surface area contributed by atoms with Gasteiger partial charge < -0.3 is 11.1 Å². The van der Waals surface area contributed by atoms with Crippen LogP contribution in [0.2, 0.25) is 0 Å². The van der Waals surface area contributed by atoms with Crippen molar-refractivity contribution in [3.8, 4) is 0 Å². The molecule has 2 rings (SSSR count). The Morgan fingerprint density at radius 3 is 2.85 bits per heavy atom. The minimum Gasteiger partial charge on any atom is -0.397 e. The van der Waals surface area contributed by atoms with Gasteiger partial charge in [0.1, 0.15) is 0 Å². The Morgan fingerprint density at radius 2 is 2.15 bits per heavy atom. The molecule has 0 aliphatic rings. The van der Waals surface area contributed by atoms with Crippen LogP contribution in [-0.2, 0) is 0 Å². The van der Waals surface area contributed by atoms with Crippen LogP contribution in [0.3, 0.4) is 0 Å². The highest BCUT2D eigenvalue weighted by atomic mass is 32.1. The van der Waals surface area contributed by atoms with E-state index < -0.39 is 0 Å². The number of nitrogens with two attached hydrogens (primary N) is 1. The SMILES string of the molecule is CCCCC(CC)CNc1cc2nc(C)sc2cc1N. The molecule has 0 aliphatic carbocycles. The van der Waals surface area contributed by atoms with Crippen LogP contribution in [0.25, 0.3) is 10.2 Å². The molecule has 2 aromatic rings. The smallest absolute Gasteiger partial charge is 0.0907 e. The van der Waals surface area contributed by atoms with E-state index in [0.29, 0.717) is 0 Å². The summed E-state index contributed by atoms with van der Waals surface area (Å²) in [6.07, 6.45) is 5.07. The van der Waals surface area contributed by atoms with E-state index >= 15 is 0 Å². The number of anilines is 2. The number of thiazole rings is 1. The number of nitrogens with zero attached hydrogens (tertiary/aromatic N) is 1. The van der Waals surface area contributed by atoms with Gasteiger partial charge in [0, 0.05) is 6.54 Å². The summed E-state index contributed by atoms with van der Waals surface area (Å²) in [4.78, 5) is 4.53. The summed E-state index contributed by atoms with van der Waals surface area (Å²) in [7, 11) is 0.